The molecule has 2 rings (SSSR count). The maximum absolute atomic E-state index is 12.0. The van der Waals surface area contributed by atoms with Crippen molar-refractivity contribution >= 4 is 27.3 Å². The van der Waals surface area contributed by atoms with Gasteiger partial charge in [0.25, 0.3) is 0 Å². The van der Waals surface area contributed by atoms with Crippen molar-refractivity contribution < 1.29 is 18.3 Å². The lowest BCUT2D eigenvalue weighted by Gasteiger charge is -2.06. The second kappa shape index (κ2) is 6.99. The van der Waals surface area contributed by atoms with Crippen molar-refractivity contribution in [3.05, 3.63) is 51.5 Å². The lowest BCUT2D eigenvalue weighted by molar-refractivity contribution is 0.0696. The molecule has 0 saturated carbocycles. The Morgan fingerprint density at radius 3 is 2.82 bits per heavy atom. The van der Waals surface area contributed by atoms with Crippen molar-refractivity contribution in [2.45, 2.75) is 25.6 Å². The normalized spacial score (nSPS) is 11.5. The molecule has 2 N–H and O–H groups in total. The zero-order chi connectivity index (χ0) is 16.2. The molecule has 0 aliphatic heterocycles. The van der Waals surface area contributed by atoms with Crippen LogP contribution in [-0.2, 0) is 28.7 Å². The molecule has 0 atom stereocenters. The van der Waals surface area contributed by atoms with E-state index in [1.807, 2.05) is 6.92 Å². The third-order valence-corrected chi connectivity index (χ3v) is 5.36. The number of nitrogens with one attached hydrogen (secondary N) is 1. The predicted octanol–water partition coefficient (Wildman–Crippen LogP) is 2.02. The smallest absolute Gasteiger partial charge is 0.335 e. The van der Waals surface area contributed by atoms with Crippen LogP contribution in [0.1, 0.15) is 32.7 Å². The summed E-state index contributed by atoms with van der Waals surface area (Å²) < 4.78 is 26.6. The van der Waals surface area contributed by atoms with Crippen LogP contribution in [0.2, 0.25) is 0 Å². The van der Waals surface area contributed by atoms with Gasteiger partial charge in [0.05, 0.1) is 17.9 Å². The van der Waals surface area contributed by atoms with E-state index >= 15 is 0 Å². The number of carbonyl (C=O) groups is 1. The highest BCUT2D eigenvalue weighted by Gasteiger charge is 2.14. The molecule has 118 valence electrons. The maximum Gasteiger partial charge on any atom is 0.335 e. The molecule has 8 heteroatoms. The van der Waals surface area contributed by atoms with E-state index in [1.54, 1.807) is 12.3 Å². The first-order valence-corrected chi connectivity index (χ1v) is 9.09. The molecule has 0 amide bonds. The van der Waals surface area contributed by atoms with Gasteiger partial charge in [-0.1, -0.05) is 19.1 Å². The van der Waals surface area contributed by atoms with Crippen LogP contribution in [0, 0.1) is 0 Å². The number of sulfonamides is 1. The maximum atomic E-state index is 12.0. The Labute approximate surface area is 132 Å². The summed E-state index contributed by atoms with van der Waals surface area (Å²) in [7, 11) is -3.55. The highest BCUT2D eigenvalue weighted by Crippen LogP contribution is 2.14. The van der Waals surface area contributed by atoms with Crippen LogP contribution in [0.15, 0.2) is 30.5 Å². The Morgan fingerprint density at radius 1 is 1.41 bits per heavy atom. The first kappa shape index (κ1) is 16.6. The summed E-state index contributed by atoms with van der Waals surface area (Å²) in [6.45, 7) is 2.16. The fourth-order valence-electron chi connectivity index (χ4n) is 1.83. The second-order valence-corrected chi connectivity index (χ2v) is 7.67. The van der Waals surface area contributed by atoms with Crippen LogP contribution < -0.4 is 4.72 Å². The SMILES string of the molecule is CCc1cnc(CNS(=O)(=O)Cc2cccc(C(=O)O)c2)s1. The standard InChI is InChI=1S/C14H16N2O4S2/c1-2-12-7-15-13(21-12)8-16-22(19,20)9-10-4-3-5-11(6-10)14(17)18/h3-7,16H,2,8-9H2,1H3,(H,17,18). The van der Waals surface area contributed by atoms with Gasteiger partial charge in [-0.25, -0.2) is 22.9 Å². The Morgan fingerprint density at radius 2 is 2.18 bits per heavy atom. The quantitative estimate of drug-likeness (QED) is 0.804. The van der Waals surface area contributed by atoms with E-state index in [1.165, 1.54) is 29.5 Å². The third-order valence-electron chi connectivity index (χ3n) is 2.92. The van der Waals surface area contributed by atoms with Gasteiger partial charge in [-0.3, -0.25) is 0 Å². The topological polar surface area (TPSA) is 96.4 Å². The average molecular weight is 340 g/mol. The number of hydrogen-bond donors (Lipinski definition) is 2. The van der Waals surface area contributed by atoms with Crippen molar-refractivity contribution in [3.63, 3.8) is 0 Å². The van der Waals surface area contributed by atoms with Gasteiger partial charge in [-0.05, 0) is 24.1 Å². The monoisotopic (exact) mass is 340 g/mol. The number of nitrogens with zero attached hydrogens (tertiary/aromatic N) is 1. The minimum Gasteiger partial charge on any atom is -0.478 e. The molecular weight excluding hydrogens is 324 g/mol. The fourth-order valence-corrected chi connectivity index (χ4v) is 3.80. The largest absolute Gasteiger partial charge is 0.478 e. The lowest BCUT2D eigenvalue weighted by Crippen LogP contribution is -2.24. The molecule has 0 aliphatic rings. The summed E-state index contributed by atoms with van der Waals surface area (Å²) in [6.07, 6.45) is 2.61. The lowest BCUT2D eigenvalue weighted by atomic mass is 10.1. The zero-order valence-electron chi connectivity index (χ0n) is 11.9. The highest BCUT2D eigenvalue weighted by atomic mass is 32.2. The van der Waals surface area contributed by atoms with Crippen molar-refractivity contribution in [2.75, 3.05) is 0 Å². The molecule has 1 heterocycles. The van der Waals surface area contributed by atoms with E-state index < -0.39 is 16.0 Å². The van der Waals surface area contributed by atoms with Gasteiger partial charge < -0.3 is 5.11 Å². The first-order chi connectivity index (χ1) is 10.4. The number of carboxylic acid groups (broad SMARTS) is 1. The third kappa shape index (κ3) is 4.62. The van der Waals surface area contributed by atoms with Crippen LogP contribution in [0.4, 0.5) is 0 Å². The second-order valence-electron chi connectivity index (χ2n) is 4.66. The Hall–Kier alpha value is -1.77. The highest BCUT2D eigenvalue weighted by molar-refractivity contribution is 7.88. The van der Waals surface area contributed by atoms with E-state index in [0.29, 0.717) is 10.6 Å². The van der Waals surface area contributed by atoms with Crippen LogP contribution in [0.5, 0.6) is 0 Å². The molecule has 6 nitrogen and oxygen atoms in total. The summed E-state index contributed by atoms with van der Waals surface area (Å²) >= 11 is 1.47. The van der Waals surface area contributed by atoms with Gasteiger partial charge in [0, 0.05) is 11.1 Å². The summed E-state index contributed by atoms with van der Waals surface area (Å²) in [4.78, 5) is 16.1. The number of rotatable bonds is 7. The van der Waals surface area contributed by atoms with E-state index in [0.717, 1.165) is 11.3 Å². The fraction of sp³-hybridized carbons (Fsp3) is 0.286. The molecular formula is C14H16N2O4S2. The number of benzene rings is 1. The van der Waals surface area contributed by atoms with Gasteiger partial charge in [0.1, 0.15) is 5.01 Å². The van der Waals surface area contributed by atoms with E-state index in [2.05, 4.69) is 9.71 Å². The molecule has 0 bridgehead atoms. The Bertz CT molecular complexity index is 769. The predicted molar refractivity (Wildman–Crippen MR) is 84.4 cm³/mol. The van der Waals surface area contributed by atoms with Crippen molar-refractivity contribution in [1.82, 2.24) is 9.71 Å². The Balaban J connectivity index is 2.01. The number of aryl methyl sites for hydroxylation is 1. The summed E-state index contributed by atoms with van der Waals surface area (Å²) in [5.41, 5.74) is 0.501. The number of aromatic carboxylic acids is 1. The van der Waals surface area contributed by atoms with Crippen LogP contribution >= 0.6 is 11.3 Å². The summed E-state index contributed by atoms with van der Waals surface area (Å²) in [6, 6.07) is 5.90. The number of carboxylic acids is 1. The van der Waals surface area contributed by atoms with Gasteiger partial charge in [-0.15, -0.1) is 11.3 Å². The van der Waals surface area contributed by atoms with Gasteiger partial charge in [0.2, 0.25) is 10.0 Å². The van der Waals surface area contributed by atoms with Crippen molar-refractivity contribution in [1.29, 1.82) is 0 Å². The number of thiazole rings is 1. The average Bonchev–Trinajstić information content (AvgIpc) is 2.93. The van der Waals surface area contributed by atoms with Crippen LogP contribution in [0.3, 0.4) is 0 Å². The molecule has 0 aliphatic carbocycles. The minimum atomic E-state index is -3.55. The van der Waals surface area contributed by atoms with E-state index in [9.17, 15) is 13.2 Å². The van der Waals surface area contributed by atoms with Gasteiger partial charge in [0.15, 0.2) is 0 Å². The molecule has 0 unspecified atom stereocenters. The molecule has 0 fully saturated rings. The Kier molecular flexibility index (Phi) is 5.28. The molecule has 22 heavy (non-hydrogen) atoms. The molecule has 0 saturated heterocycles. The van der Waals surface area contributed by atoms with Crippen molar-refractivity contribution in [2.24, 2.45) is 0 Å². The van der Waals surface area contributed by atoms with E-state index in [4.69, 9.17) is 5.11 Å². The molecule has 0 radical (unpaired) electrons. The van der Waals surface area contributed by atoms with Gasteiger partial charge >= 0.3 is 5.97 Å². The summed E-state index contributed by atoms with van der Waals surface area (Å²) in [5.74, 6) is -1.35. The molecule has 1 aromatic heterocycles. The minimum absolute atomic E-state index is 0.0696. The number of aromatic nitrogens is 1. The van der Waals surface area contributed by atoms with E-state index in [-0.39, 0.29) is 17.9 Å². The molecule has 0 spiro atoms. The number of hydrogen-bond acceptors (Lipinski definition) is 5. The zero-order valence-corrected chi connectivity index (χ0v) is 13.6. The van der Waals surface area contributed by atoms with Crippen LogP contribution in [0.25, 0.3) is 0 Å². The first-order valence-electron chi connectivity index (χ1n) is 6.63. The van der Waals surface area contributed by atoms with Gasteiger partial charge in [-0.2, -0.15) is 0 Å². The molecule has 1 aromatic carbocycles. The van der Waals surface area contributed by atoms with Crippen LogP contribution in [-0.4, -0.2) is 24.5 Å². The summed E-state index contributed by atoms with van der Waals surface area (Å²) in [5, 5.41) is 9.62. The molecule has 2 aromatic rings. The van der Waals surface area contributed by atoms with Crippen molar-refractivity contribution in [3.8, 4) is 0 Å².